The number of hydrogen-bond donors (Lipinski definition) is 0. The first-order chi connectivity index (χ1) is 8.97. The summed E-state index contributed by atoms with van der Waals surface area (Å²) < 4.78 is 0. The van der Waals surface area contributed by atoms with Gasteiger partial charge in [0.1, 0.15) is 5.02 Å². The van der Waals surface area contributed by atoms with E-state index in [9.17, 15) is 10.1 Å². The molecule has 0 unspecified atom stereocenters. The van der Waals surface area contributed by atoms with Crippen molar-refractivity contribution < 1.29 is 4.92 Å². The van der Waals surface area contributed by atoms with Gasteiger partial charge in [0.25, 0.3) is 5.69 Å². The summed E-state index contributed by atoms with van der Waals surface area (Å²) in [6, 6.07) is 4.68. The molecule has 2 aromatic rings. The summed E-state index contributed by atoms with van der Waals surface area (Å²) in [4.78, 5) is 18.3. The topological polar surface area (TPSA) is 68.9 Å². The molecule has 1 aromatic heterocycles. The lowest BCUT2D eigenvalue weighted by atomic mass is 10.1. The van der Waals surface area contributed by atoms with Crippen LogP contribution in [0.1, 0.15) is 16.8 Å². The lowest BCUT2D eigenvalue weighted by molar-refractivity contribution is -0.384. The Kier molecular flexibility index (Phi) is 3.97. The molecule has 98 valence electrons. The van der Waals surface area contributed by atoms with Crippen LogP contribution in [0.25, 0.3) is 0 Å². The van der Waals surface area contributed by atoms with E-state index in [1.54, 1.807) is 12.3 Å². The van der Waals surface area contributed by atoms with Gasteiger partial charge in [0.15, 0.2) is 0 Å². The Hall–Kier alpha value is -1.72. The lowest BCUT2D eigenvalue weighted by Gasteiger charge is -2.05. The maximum atomic E-state index is 10.8. The SMILES string of the molecule is Cc1cnc(Cl)nc1Cc1ccc(Cl)c([N+](=O)[O-])c1. The van der Waals surface area contributed by atoms with E-state index in [2.05, 4.69) is 9.97 Å². The summed E-state index contributed by atoms with van der Waals surface area (Å²) in [6.07, 6.45) is 2.06. The van der Waals surface area contributed by atoms with Gasteiger partial charge in [-0.1, -0.05) is 17.7 Å². The van der Waals surface area contributed by atoms with E-state index in [-0.39, 0.29) is 16.0 Å². The van der Waals surface area contributed by atoms with Gasteiger partial charge in [-0.15, -0.1) is 0 Å². The number of nitro benzene ring substituents is 1. The lowest BCUT2D eigenvalue weighted by Crippen LogP contribution is -1.99. The van der Waals surface area contributed by atoms with Crippen LogP contribution in [0.4, 0.5) is 5.69 Å². The van der Waals surface area contributed by atoms with Gasteiger partial charge in [0, 0.05) is 18.7 Å². The number of nitro groups is 1. The minimum atomic E-state index is -0.508. The highest BCUT2D eigenvalue weighted by Gasteiger charge is 2.13. The van der Waals surface area contributed by atoms with Gasteiger partial charge in [0.2, 0.25) is 5.28 Å². The third kappa shape index (κ3) is 3.19. The maximum Gasteiger partial charge on any atom is 0.288 e. The second-order valence-corrected chi connectivity index (χ2v) is 4.73. The fourth-order valence-electron chi connectivity index (χ4n) is 1.63. The first-order valence-corrected chi connectivity index (χ1v) is 6.14. The van der Waals surface area contributed by atoms with Crippen LogP contribution in [0, 0.1) is 17.0 Å². The average Bonchev–Trinajstić information content (AvgIpc) is 2.36. The first-order valence-electron chi connectivity index (χ1n) is 5.38. The van der Waals surface area contributed by atoms with Gasteiger partial charge in [-0.3, -0.25) is 10.1 Å². The van der Waals surface area contributed by atoms with Crippen molar-refractivity contribution in [3.8, 4) is 0 Å². The van der Waals surface area contributed by atoms with Gasteiger partial charge in [-0.2, -0.15) is 0 Å². The van der Waals surface area contributed by atoms with Crippen LogP contribution in [-0.2, 0) is 6.42 Å². The van der Waals surface area contributed by atoms with E-state index in [0.29, 0.717) is 6.42 Å². The third-order valence-electron chi connectivity index (χ3n) is 2.63. The average molecular weight is 298 g/mol. The van der Waals surface area contributed by atoms with Crippen LogP contribution >= 0.6 is 23.2 Å². The molecule has 0 fully saturated rings. The van der Waals surface area contributed by atoms with Crippen LogP contribution in [0.3, 0.4) is 0 Å². The quantitative estimate of drug-likeness (QED) is 0.493. The normalized spacial score (nSPS) is 10.5. The molecule has 0 saturated carbocycles. The molecule has 19 heavy (non-hydrogen) atoms. The number of rotatable bonds is 3. The fourth-order valence-corrected chi connectivity index (χ4v) is 1.97. The number of nitrogens with zero attached hydrogens (tertiary/aromatic N) is 3. The minimum absolute atomic E-state index is 0.114. The molecule has 0 bridgehead atoms. The summed E-state index contributed by atoms with van der Waals surface area (Å²) in [5.41, 5.74) is 2.24. The summed E-state index contributed by atoms with van der Waals surface area (Å²) in [5.74, 6) is 0. The molecule has 1 aromatic carbocycles. The van der Waals surface area contributed by atoms with Crippen molar-refractivity contribution in [3.63, 3.8) is 0 Å². The van der Waals surface area contributed by atoms with E-state index in [1.807, 2.05) is 6.92 Å². The number of aromatic nitrogens is 2. The fraction of sp³-hybridized carbons (Fsp3) is 0.167. The van der Waals surface area contributed by atoms with Gasteiger partial charge < -0.3 is 0 Å². The summed E-state index contributed by atoms with van der Waals surface area (Å²) >= 11 is 11.5. The molecule has 0 aliphatic heterocycles. The van der Waals surface area contributed by atoms with E-state index in [1.165, 1.54) is 12.1 Å². The van der Waals surface area contributed by atoms with E-state index < -0.39 is 4.92 Å². The molecule has 2 rings (SSSR count). The van der Waals surface area contributed by atoms with Gasteiger partial charge in [0.05, 0.1) is 10.6 Å². The summed E-state index contributed by atoms with van der Waals surface area (Å²) in [7, 11) is 0. The third-order valence-corrected chi connectivity index (χ3v) is 3.13. The molecule has 1 heterocycles. The molecule has 0 radical (unpaired) electrons. The largest absolute Gasteiger partial charge is 0.288 e. The molecule has 0 aliphatic carbocycles. The maximum absolute atomic E-state index is 10.8. The zero-order chi connectivity index (χ0) is 14.0. The van der Waals surface area contributed by atoms with E-state index in [4.69, 9.17) is 23.2 Å². The monoisotopic (exact) mass is 297 g/mol. The van der Waals surface area contributed by atoms with Crippen LogP contribution in [-0.4, -0.2) is 14.9 Å². The van der Waals surface area contributed by atoms with Crippen molar-refractivity contribution in [2.45, 2.75) is 13.3 Å². The predicted molar refractivity (Wildman–Crippen MR) is 72.7 cm³/mol. The number of aryl methyl sites for hydroxylation is 1. The zero-order valence-electron chi connectivity index (χ0n) is 9.93. The molecular weight excluding hydrogens is 289 g/mol. The highest BCUT2D eigenvalue weighted by Crippen LogP contribution is 2.26. The van der Waals surface area contributed by atoms with Crippen molar-refractivity contribution in [2.75, 3.05) is 0 Å². The smallest absolute Gasteiger partial charge is 0.258 e. The number of halogens is 2. The minimum Gasteiger partial charge on any atom is -0.258 e. The van der Waals surface area contributed by atoms with Crippen LogP contribution in [0.2, 0.25) is 10.3 Å². The van der Waals surface area contributed by atoms with E-state index >= 15 is 0 Å². The molecule has 0 atom stereocenters. The Morgan fingerprint density at radius 2 is 2.11 bits per heavy atom. The second-order valence-electron chi connectivity index (χ2n) is 3.99. The standard InChI is InChI=1S/C12H9Cl2N3O2/c1-7-6-15-12(14)16-10(7)4-8-2-3-9(13)11(5-8)17(18)19/h2-3,5-6H,4H2,1H3. The molecule has 0 spiro atoms. The van der Waals surface area contributed by atoms with Crippen molar-refractivity contribution >= 4 is 28.9 Å². The van der Waals surface area contributed by atoms with Crippen LogP contribution < -0.4 is 0 Å². The van der Waals surface area contributed by atoms with E-state index in [0.717, 1.165) is 16.8 Å². The van der Waals surface area contributed by atoms with Gasteiger partial charge in [-0.05, 0) is 35.7 Å². The Morgan fingerprint density at radius 3 is 2.79 bits per heavy atom. The van der Waals surface area contributed by atoms with Gasteiger partial charge in [-0.25, -0.2) is 9.97 Å². The summed E-state index contributed by atoms with van der Waals surface area (Å²) in [5, 5.41) is 11.1. The van der Waals surface area contributed by atoms with Crippen molar-refractivity contribution in [2.24, 2.45) is 0 Å². The van der Waals surface area contributed by atoms with Crippen molar-refractivity contribution in [1.82, 2.24) is 9.97 Å². The Morgan fingerprint density at radius 1 is 1.37 bits per heavy atom. The Balaban J connectivity index is 2.36. The molecule has 0 amide bonds. The zero-order valence-corrected chi connectivity index (χ0v) is 11.4. The molecule has 5 nitrogen and oxygen atoms in total. The van der Waals surface area contributed by atoms with Crippen molar-refractivity contribution in [3.05, 3.63) is 61.6 Å². The molecule has 0 aliphatic rings. The molecule has 0 saturated heterocycles. The Bertz CT molecular complexity index is 647. The molecule has 7 heteroatoms. The highest BCUT2D eigenvalue weighted by molar-refractivity contribution is 6.32. The predicted octanol–water partition coefficient (Wildman–Crippen LogP) is 3.59. The Labute approximate surface area is 119 Å². The highest BCUT2D eigenvalue weighted by atomic mass is 35.5. The molecular formula is C12H9Cl2N3O2. The second kappa shape index (κ2) is 5.50. The number of benzene rings is 1. The summed E-state index contributed by atoms with van der Waals surface area (Å²) in [6.45, 7) is 1.86. The van der Waals surface area contributed by atoms with Crippen LogP contribution in [0.15, 0.2) is 24.4 Å². The molecule has 0 N–H and O–H groups in total. The van der Waals surface area contributed by atoms with Crippen molar-refractivity contribution in [1.29, 1.82) is 0 Å². The van der Waals surface area contributed by atoms with Crippen LogP contribution in [0.5, 0.6) is 0 Å². The first kappa shape index (κ1) is 13.7. The van der Waals surface area contributed by atoms with Gasteiger partial charge >= 0.3 is 0 Å². The number of hydrogen-bond acceptors (Lipinski definition) is 4.